The molecular formula is C16H22N2O5. The second kappa shape index (κ2) is 8.26. The number of amides is 1. The van der Waals surface area contributed by atoms with Crippen molar-refractivity contribution in [1.29, 1.82) is 0 Å². The Hall–Kier alpha value is -2.44. The van der Waals surface area contributed by atoms with Crippen molar-refractivity contribution in [3.8, 4) is 0 Å². The third-order valence-electron chi connectivity index (χ3n) is 2.77. The van der Waals surface area contributed by atoms with Crippen LogP contribution in [0.4, 0.5) is 0 Å². The Balaban J connectivity index is 2.65. The Labute approximate surface area is 135 Å². The van der Waals surface area contributed by atoms with Gasteiger partial charge in [-0.25, -0.2) is 4.79 Å². The van der Waals surface area contributed by atoms with Gasteiger partial charge in [0.05, 0.1) is 12.7 Å². The summed E-state index contributed by atoms with van der Waals surface area (Å²) in [6.07, 6.45) is 3.01. The molecule has 1 rings (SSSR count). The highest BCUT2D eigenvalue weighted by Gasteiger charge is 2.24. The number of nitrogens with one attached hydrogen (secondary N) is 1. The van der Waals surface area contributed by atoms with Crippen molar-refractivity contribution >= 4 is 17.8 Å². The second-order valence-electron chi connectivity index (χ2n) is 5.92. The molecule has 0 aromatic carbocycles. The molecule has 0 bridgehead atoms. The van der Waals surface area contributed by atoms with Gasteiger partial charge in [0, 0.05) is 18.8 Å². The molecule has 23 heavy (non-hydrogen) atoms. The molecule has 1 atom stereocenters. The Morgan fingerprint density at radius 1 is 1.30 bits per heavy atom. The van der Waals surface area contributed by atoms with Crippen molar-refractivity contribution in [2.75, 3.05) is 7.11 Å². The van der Waals surface area contributed by atoms with E-state index in [1.165, 1.54) is 19.5 Å². The highest BCUT2D eigenvalue weighted by atomic mass is 16.6. The Morgan fingerprint density at radius 2 is 2.00 bits per heavy atom. The van der Waals surface area contributed by atoms with Crippen LogP contribution in [0, 0.1) is 0 Å². The van der Waals surface area contributed by atoms with Crippen LogP contribution in [-0.2, 0) is 19.1 Å². The zero-order chi connectivity index (χ0) is 17.5. The summed E-state index contributed by atoms with van der Waals surface area (Å²) in [4.78, 5) is 39.4. The fourth-order valence-corrected chi connectivity index (χ4v) is 1.78. The second-order valence-corrected chi connectivity index (χ2v) is 5.92. The molecule has 0 aliphatic carbocycles. The van der Waals surface area contributed by atoms with Crippen LogP contribution < -0.4 is 5.32 Å². The summed E-state index contributed by atoms with van der Waals surface area (Å²) in [5.74, 6) is -1.52. The first-order valence-corrected chi connectivity index (χ1v) is 7.23. The van der Waals surface area contributed by atoms with Crippen LogP contribution in [0.25, 0.3) is 0 Å². The number of ether oxygens (including phenoxy) is 2. The molecule has 1 aromatic heterocycles. The third kappa shape index (κ3) is 6.90. The normalized spacial score (nSPS) is 12.2. The minimum Gasteiger partial charge on any atom is -0.467 e. The smallest absolute Gasteiger partial charge is 0.328 e. The van der Waals surface area contributed by atoms with Crippen LogP contribution in [0.2, 0.25) is 0 Å². The molecule has 0 unspecified atom stereocenters. The first-order chi connectivity index (χ1) is 10.7. The van der Waals surface area contributed by atoms with Gasteiger partial charge < -0.3 is 14.8 Å². The van der Waals surface area contributed by atoms with Crippen molar-refractivity contribution in [1.82, 2.24) is 10.3 Å². The molecule has 0 aliphatic heterocycles. The number of carbonyl (C=O) groups excluding carboxylic acids is 3. The number of esters is 2. The van der Waals surface area contributed by atoms with Gasteiger partial charge in [-0.1, -0.05) is 0 Å². The van der Waals surface area contributed by atoms with E-state index in [4.69, 9.17) is 4.74 Å². The van der Waals surface area contributed by atoms with E-state index in [2.05, 4.69) is 15.0 Å². The van der Waals surface area contributed by atoms with Gasteiger partial charge in [-0.3, -0.25) is 14.6 Å². The molecule has 0 aliphatic rings. The molecule has 1 amide bonds. The topological polar surface area (TPSA) is 94.6 Å². The molecular weight excluding hydrogens is 300 g/mol. The molecule has 0 fully saturated rings. The summed E-state index contributed by atoms with van der Waals surface area (Å²) in [6.45, 7) is 5.27. The lowest BCUT2D eigenvalue weighted by atomic mass is 10.1. The summed E-state index contributed by atoms with van der Waals surface area (Å²) >= 11 is 0. The molecule has 7 heteroatoms. The minimum absolute atomic E-state index is 0.00957. The maximum Gasteiger partial charge on any atom is 0.328 e. The average Bonchev–Trinajstić information content (AvgIpc) is 2.49. The molecule has 0 saturated heterocycles. The van der Waals surface area contributed by atoms with E-state index in [0.717, 1.165) is 0 Å². The quantitative estimate of drug-likeness (QED) is 0.797. The Bertz CT molecular complexity index is 551. The molecule has 1 aromatic rings. The number of hydrogen-bond donors (Lipinski definition) is 1. The molecule has 0 spiro atoms. The van der Waals surface area contributed by atoms with E-state index in [1.54, 1.807) is 32.9 Å². The number of pyridine rings is 1. The van der Waals surface area contributed by atoms with Crippen LogP contribution in [0.15, 0.2) is 24.5 Å². The van der Waals surface area contributed by atoms with Crippen LogP contribution in [0.5, 0.6) is 0 Å². The third-order valence-corrected chi connectivity index (χ3v) is 2.77. The van der Waals surface area contributed by atoms with E-state index in [-0.39, 0.29) is 12.8 Å². The predicted octanol–water partition coefficient (Wildman–Crippen LogP) is 1.47. The van der Waals surface area contributed by atoms with Gasteiger partial charge >= 0.3 is 11.9 Å². The van der Waals surface area contributed by atoms with Gasteiger partial charge in [-0.2, -0.15) is 0 Å². The first kappa shape index (κ1) is 18.6. The summed E-state index contributed by atoms with van der Waals surface area (Å²) in [5, 5.41) is 2.54. The van der Waals surface area contributed by atoms with Gasteiger partial charge in [-0.05, 0) is 39.3 Å². The molecule has 1 heterocycles. The largest absolute Gasteiger partial charge is 0.467 e. The number of hydrogen-bond acceptors (Lipinski definition) is 6. The lowest BCUT2D eigenvalue weighted by Gasteiger charge is -2.21. The number of carbonyl (C=O) groups is 3. The zero-order valence-electron chi connectivity index (χ0n) is 13.8. The lowest BCUT2D eigenvalue weighted by molar-refractivity contribution is -0.155. The maximum absolute atomic E-state index is 12.1. The molecule has 1 N–H and O–H groups in total. The van der Waals surface area contributed by atoms with E-state index in [1.807, 2.05) is 0 Å². The number of aromatic nitrogens is 1. The van der Waals surface area contributed by atoms with Crippen molar-refractivity contribution in [2.45, 2.75) is 45.3 Å². The van der Waals surface area contributed by atoms with Crippen molar-refractivity contribution in [3.63, 3.8) is 0 Å². The SMILES string of the molecule is COC(=O)[C@@H](CCC(=O)OC(C)(C)C)NC(=O)c1cccnc1. The zero-order valence-corrected chi connectivity index (χ0v) is 13.8. The number of rotatable bonds is 6. The number of nitrogens with zero attached hydrogens (tertiary/aromatic N) is 1. The van der Waals surface area contributed by atoms with E-state index >= 15 is 0 Å². The Kier molecular flexibility index (Phi) is 6.68. The molecule has 126 valence electrons. The average molecular weight is 322 g/mol. The fourth-order valence-electron chi connectivity index (χ4n) is 1.78. The van der Waals surface area contributed by atoms with Crippen LogP contribution in [0.1, 0.15) is 44.0 Å². The van der Waals surface area contributed by atoms with E-state index in [0.29, 0.717) is 5.56 Å². The number of methoxy groups -OCH3 is 1. The maximum atomic E-state index is 12.1. The standard InChI is InChI=1S/C16H22N2O5/c1-16(2,3)23-13(19)8-7-12(15(21)22-4)18-14(20)11-6-5-9-17-10-11/h5-6,9-10,12H,7-8H2,1-4H3,(H,18,20)/t12-/m1/s1. The minimum atomic E-state index is -0.930. The monoisotopic (exact) mass is 322 g/mol. The highest BCUT2D eigenvalue weighted by Crippen LogP contribution is 2.11. The lowest BCUT2D eigenvalue weighted by Crippen LogP contribution is -2.42. The van der Waals surface area contributed by atoms with Crippen molar-refractivity contribution < 1.29 is 23.9 Å². The van der Waals surface area contributed by atoms with Crippen LogP contribution >= 0.6 is 0 Å². The summed E-state index contributed by atoms with van der Waals surface area (Å²) in [7, 11) is 1.22. The van der Waals surface area contributed by atoms with Crippen molar-refractivity contribution in [3.05, 3.63) is 30.1 Å². The molecule has 0 radical (unpaired) electrons. The first-order valence-electron chi connectivity index (χ1n) is 7.23. The van der Waals surface area contributed by atoms with Gasteiger partial charge in [0.15, 0.2) is 0 Å². The van der Waals surface area contributed by atoms with E-state index in [9.17, 15) is 14.4 Å². The predicted molar refractivity (Wildman–Crippen MR) is 82.6 cm³/mol. The highest BCUT2D eigenvalue weighted by molar-refractivity contribution is 5.96. The summed E-state index contributed by atoms with van der Waals surface area (Å²) < 4.78 is 9.84. The molecule has 7 nitrogen and oxygen atoms in total. The van der Waals surface area contributed by atoms with Gasteiger partial charge in [-0.15, -0.1) is 0 Å². The van der Waals surface area contributed by atoms with E-state index < -0.39 is 29.5 Å². The summed E-state index contributed by atoms with van der Waals surface area (Å²) in [6, 6.07) is 2.26. The van der Waals surface area contributed by atoms with Crippen molar-refractivity contribution in [2.24, 2.45) is 0 Å². The summed E-state index contributed by atoms with van der Waals surface area (Å²) in [5.41, 5.74) is -0.282. The van der Waals surface area contributed by atoms with Crippen LogP contribution in [-0.4, -0.2) is 41.6 Å². The van der Waals surface area contributed by atoms with Gasteiger partial charge in [0.25, 0.3) is 5.91 Å². The van der Waals surface area contributed by atoms with Crippen LogP contribution in [0.3, 0.4) is 0 Å². The fraction of sp³-hybridized carbons (Fsp3) is 0.500. The van der Waals surface area contributed by atoms with Gasteiger partial charge in [0.1, 0.15) is 11.6 Å². The molecule has 0 saturated carbocycles. The Morgan fingerprint density at radius 3 is 2.52 bits per heavy atom. The van der Waals surface area contributed by atoms with Gasteiger partial charge in [0.2, 0.25) is 0 Å².